The van der Waals surface area contributed by atoms with Gasteiger partial charge in [0.1, 0.15) is 11.9 Å². The van der Waals surface area contributed by atoms with Gasteiger partial charge in [0, 0.05) is 26.2 Å². The minimum absolute atomic E-state index is 0.196. The number of piperazine rings is 1. The fourth-order valence-electron chi connectivity index (χ4n) is 3.22. The van der Waals surface area contributed by atoms with Crippen LogP contribution in [0.4, 0.5) is 20.6 Å². The number of rotatable bonds is 4. The quantitative estimate of drug-likeness (QED) is 0.729. The van der Waals surface area contributed by atoms with Gasteiger partial charge < -0.3 is 25.0 Å². The molecule has 2 N–H and O–H groups in total. The lowest BCUT2D eigenvalue weighted by Gasteiger charge is -2.37. The fraction of sp³-hybridized carbons (Fsp3) is 0.471. The predicted octanol–water partition coefficient (Wildman–Crippen LogP) is 2.05. The molecule has 0 aromatic heterocycles. The molecule has 0 aliphatic carbocycles. The molecular weight excluding hydrogens is 391 g/mol. The summed E-state index contributed by atoms with van der Waals surface area (Å²) < 4.78 is 19.9. The Morgan fingerprint density at radius 1 is 1.33 bits per heavy atom. The van der Waals surface area contributed by atoms with Gasteiger partial charge in [-0.3, -0.25) is 4.90 Å². The third kappa shape index (κ3) is 4.56. The molecule has 7 nitrogen and oxygen atoms in total. The Labute approximate surface area is 167 Å². The molecule has 1 aromatic rings. The Kier molecular flexibility index (Phi) is 5.95. The summed E-state index contributed by atoms with van der Waals surface area (Å²) in [6, 6.07) is 4.75. The van der Waals surface area contributed by atoms with Crippen LogP contribution < -0.4 is 15.1 Å². The van der Waals surface area contributed by atoms with E-state index in [0.717, 1.165) is 18.1 Å². The van der Waals surface area contributed by atoms with E-state index in [0.29, 0.717) is 24.5 Å². The maximum absolute atomic E-state index is 14.7. The van der Waals surface area contributed by atoms with Crippen molar-refractivity contribution in [3.8, 4) is 0 Å². The lowest BCUT2D eigenvalue weighted by molar-refractivity contribution is 0.142. The van der Waals surface area contributed by atoms with Crippen molar-refractivity contribution in [2.24, 2.45) is 0 Å². The first-order valence-electron chi connectivity index (χ1n) is 8.60. The topological polar surface area (TPSA) is 68.3 Å². The van der Waals surface area contributed by atoms with Gasteiger partial charge in [-0.25, -0.2) is 9.18 Å². The largest absolute Gasteiger partial charge is 0.487 e. The Morgan fingerprint density at radius 3 is 2.63 bits per heavy atom. The van der Waals surface area contributed by atoms with Crippen LogP contribution in [0.15, 0.2) is 18.2 Å². The van der Waals surface area contributed by atoms with Crippen molar-refractivity contribution in [3.63, 3.8) is 0 Å². The highest BCUT2D eigenvalue weighted by atomic mass is 32.1. The van der Waals surface area contributed by atoms with Crippen molar-refractivity contribution in [3.05, 3.63) is 24.0 Å². The second-order valence-electron chi connectivity index (χ2n) is 6.43. The number of hydrogen-bond donors (Lipinski definition) is 2. The molecule has 2 aliphatic heterocycles. The monoisotopic (exact) mass is 412 g/mol. The minimum Gasteiger partial charge on any atom is -0.487 e. The molecule has 2 saturated heterocycles. The van der Waals surface area contributed by atoms with Crippen LogP contribution in [0.5, 0.6) is 0 Å². The number of ether oxygens (including phenoxy) is 1. The van der Waals surface area contributed by atoms with Crippen LogP contribution in [-0.2, 0) is 4.74 Å². The normalized spacial score (nSPS) is 19.9. The number of amides is 1. The van der Waals surface area contributed by atoms with E-state index in [1.807, 2.05) is 11.8 Å². The first kappa shape index (κ1) is 19.6. The van der Waals surface area contributed by atoms with Crippen molar-refractivity contribution >= 4 is 52.1 Å². The molecule has 0 bridgehead atoms. The van der Waals surface area contributed by atoms with Crippen molar-refractivity contribution in [2.75, 3.05) is 49.1 Å². The summed E-state index contributed by atoms with van der Waals surface area (Å²) in [5, 5.41) is 11.2. The van der Waals surface area contributed by atoms with E-state index in [9.17, 15) is 9.18 Å². The average Bonchev–Trinajstić information content (AvgIpc) is 3.01. The van der Waals surface area contributed by atoms with Crippen LogP contribution in [0.25, 0.3) is 0 Å². The fourth-order valence-corrected chi connectivity index (χ4v) is 3.49. The van der Waals surface area contributed by atoms with Crippen molar-refractivity contribution in [2.45, 2.75) is 13.0 Å². The Balaban J connectivity index is 1.66. The number of anilines is 2. The number of thiocarbonyl (C=S) groups is 2. The summed E-state index contributed by atoms with van der Waals surface area (Å²) in [7, 11) is 0. The molecule has 2 fully saturated rings. The van der Waals surface area contributed by atoms with Gasteiger partial charge in [0.2, 0.25) is 0 Å². The van der Waals surface area contributed by atoms with E-state index < -0.39 is 12.2 Å². The standard InChI is InChI=1S/C17H21FN4O3S2/c1-11(26)20-4-6-21(7-5-20)15-3-2-12(8-14(15)18)22-10-13(25-17(22)24)9-19-16(23)27/h2-3,8,13H,4-7,9-10H2,1H3,(H2,19,23,27). The molecule has 3 rings (SSSR count). The summed E-state index contributed by atoms with van der Waals surface area (Å²) in [6.45, 7) is 5.23. The second kappa shape index (κ2) is 8.22. The number of cyclic esters (lactones) is 1. The van der Waals surface area contributed by atoms with Gasteiger partial charge in [0.05, 0.1) is 29.5 Å². The molecule has 0 saturated carbocycles. The molecule has 1 unspecified atom stereocenters. The third-order valence-corrected chi connectivity index (χ3v) is 5.07. The third-order valence-electron chi connectivity index (χ3n) is 4.66. The van der Waals surface area contributed by atoms with Gasteiger partial charge >= 0.3 is 6.09 Å². The van der Waals surface area contributed by atoms with Crippen molar-refractivity contribution in [1.82, 2.24) is 10.2 Å². The van der Waals surface area contributed by atoms with Crippen LogP contribution in [0.1, 0.15) is 6.92 Å². The highest BCUT2D eigenvalue weighted by Gasteiger charge is 2.33. The van der Waals surface area contributed by atoms with E-state index in [4.69, 9.17) is 22.1 Å². The molecule has 10 heteroatoms. The molecule has 1 aromatic carbocycles. The molecule has 2 heterocycles. The van der Waals surface area contributed by atoms with E-state index in [2.05, 4.69) is 22.4 Å². The van der Waals surface area contributed by atoms with Gasteiger partial charge in [0.15, 0.2) is 0 Å². The van der Waals surface area contributed by atoms with Crippen LogP contribution >= 0.6 is 24.4 Å². The maximum Gasteiger partial charge on any atom is 0.414 e. The number of halogens is 1. The van der Waals surface area contributed by atoms with Gasteiger partial charge in [-0.1, -0.05) is 12.2 Å². The SMILES string of the molecule is CC(=S)N1CCN(c2ccc(N3CC(CNC(O)=S)OC3=O)cc2F)CC1. The molecule has 1 atom stereocenters. The number of nitrogens with one attached hydrogen (secondary N) is 1. The molecule has 0 radical (unpaired) electrons. The minimum atomic E-state index is -0.553. The zero-order valence-corrected chi connectivity index (χ0v) is 16.5. The molecular formula is C17H21FN4O3S2. The van der Waals surface area contributed by atoms with E-state index in [1.54, 1.807) is 12.1 Å². The van der Waals surface area contributed by atoms with Crippen LogP contribution in [-0.4, -0.2) is 71.6 Å². The first-order valence-corrected chi connectivity index (χ1v) is 9.41. The average molecular weight is 413 g/mol. The maximum atomic E-state index is 14.7. The Bertz CT molecular complexity index is 756. The second-order valence-corrected chi connectivity index (χ2v) is 7.41. The number of aliphatic hydroxyl groups is 1. The molecule has 2 aliphatic rings. The Morgan fingerprint density at radius 2 is 2.04 bits per heavy atom. The summed E-state index contributed by atoms with van der Waals surface area (Å²) in [4.78, 5) is 18.4. The number of carbonyl (C=O) groups excluding carboxylic acids is 1. The number of hydrogen-bond acceptors (Lipinski definition) is 5. The van der Waals surface area contributed by atoms with E-state index in [1.165, 1.54) is 11.0 Å². The summed E-state index contributed by atoms with van der Waals surface area (Å²) in [5.41, 5.74) is 0.945. The molecule has 27 heavy (non-hydrogen) atoms. The highest BCUT2D eigenvalue weighted by molar-refractivity contribution is 7.80. The predicted molar refractivity (Wildman–Crippen MR) is 109 cm³/mol. The van der Waals surface area contributed by atoms with Crippen molar-refractivity contribution in [1.29, 1.82) is 0 Å². The van der Waals surface area contributed by atoms with Crippen molar-refractivity contribution < 1.29 is 19.0 Å². The molecule has 146 valence electrons. The van der Waals surface area contributed by atoms with Gasteiger partial charge in [-0.15, -0.1) is 0 Å². The highest BCUT2D eigenvalue weighted by Crippen LogP contribution is 2.28. The number of carbonyl (C=O) groups is 1. The smallest absolute Gasteiger partial charge is 0.414 e. The van der Waals surface area contributed by atoms with Crippen LogP contribution in [0, 0.1) is 5.82 Å². The number of benzene rings is 1. The molecule has 0 spiro atoms. The zero-order valence-electron chi connectivity index (χ0n) is 14.9. The van der Waals surface area contributed by atoms with Crippen LogP contribution in [0.2, 0.25) is 0 Å². The zero-order chi connectivity index (χ0) is 19.6. The molecule has 1 amide bonds. The van der Waals surface area contributed by atoms with Crippen LogP contribution in [0.3, 0.4) is 0 Å². The van der Waals surface area contributed by atoms with Gasteiger partial charge in [-0.05, 0) is 37.3 Å². The summed E-state index contributed by atoms with van der Waals surface area (Å²) >= 11 is 9.71. The van der Waals surface area contributed by atoms with Gasteiger partial charge in [0.25, 0.3) is 5.17 Å². The lowest BCUT2D eigenvalue weighted by Crippen LogP contribution is -2.47. The lowest BCUT2D eigenvalue weighted by atomic mass is 10.2. The summed E-state index contributed by atoms with van der Waals surface area (Å²) in [5.74, 6) is -0.383. The first-order chi connectivity index (χ1) is 12.8. The summed E-state index contributed by atoms with van der Waals surface area (Å²) in [6.07, 6.45) is -1.03. The number of aliphatic hydroxyl groups excluding tert-OH is 1. The Hall–Kier alpha value is -2.20. The van der Waals surface area contributed by atoms with Gasteiger partial charge in [-0.2, -0.15) is 0 Å². The van der Waals surface area contributed by atoms with E-state index >= 15 is 0 Å². The number of nitrogens with zero attached hydrogens (tertiary/aromatic N) is 3. The van der Waals surface area contributed by atoms with E-state index in [-0.39, 0.29) is 24.1 Å².